The Bertz CT molecular complexity index is 439. The van der Waals surface area contributed by atoms with Crippen molar-refractivity contribution < 1.29 is 4.79 Å². The molecule has 4 heteroatoms. The maximum Gasteiger partial charge on any atom is 0.223 e. The van der Waals surface area contributed by atoms with Crippen LogP contribution in [0.1, 0.15) is 24.8 Å². The Morgan fingerprint density at radius 3 is 2.55 bits per heavy atom. The van der Waals surface area contributed by atoms with E-state index in [0.717, 1.165) is 32.6 Å². The molecule has 0 aromatic heterocycles. The fourth-order valence-corrected chi connectivity index (χ4v) is 2.90. The van der Waals surface area contributed by atoms with Gasteiger partial charge < -0.3 is 15.1 Å². The van der Waals surface area contributed by atoms with E-state index < -0.39 is 0 Å². The topological polar surface area (TPSA) is 35.6 Å². The normalized spacial score (nSPS) is 16.6. The molecule has 0 atom stereocenters. The first kappa shape index (κ1) is 17.0. The van der Waals surface area contributed by atoms with Crippen LogP contribution in [0.2, 0.25) is 0 Å². The fourth-order valence-electron chi connectivity index (χ4n) is 2.90. The molecule has 1 aromatic carbocycles. The van der Waals surface area contributed by atoms with Gasteiger partial charge in [0.25, 0.3) is 0 Å². The summed E-state index contributed by atoms with van der Waals surface area (Å²) in [7, 11) is 3.63. The van der Waals surface area contributed by atoms with E-state index >= 15 is 0 Å². The maximum absolute atomic E-state index is 11.5. The van der Waals surface area contributed by atoms with Crippen molar-refractivity contribution in [3.8, 4) is 0 Å². The lowest BCUT2D eigenvalue weighted by Crippen LogP contribution is -2.43. The summed E-state index contributed by atoms with van der Waals surface area (Å²) in [5.41, 5.74) is 1.42. The number of benzene rings is 1. The van der Waals surface area contributed by atoms with Gasteiger partial charge in [0.2, 0.25) is 5.91 Å². The van der Waals surface area contributed by atoms with Gasteiger partial charge in [0.15, 0.2) is 0 Å². The average Bonchev–Trinajstić information content (AvgIpc) is 2.55. The summed E-state index contributed by atoms with van der Waals surface area (Å²) in [6, 6.07) is 11.3. The third-order valence-corrected chi connectivity index (χ3v) is 4.42. The number of nitrogens with zero attached hydrogens (tertiary/aromatic N) is 2. The van der Waals surface area contributed by atoms with Crippen LogP contribution in [0, 0.1) is 0 Å². The summed E-state index contributed by atoms with van der Waals surface area (Å²) in [5.74, 6) is 0.202. The van der Waals surface area contributed by atoms with Crippen molar-refractivity contribution in [1.82, 2.24) is 15.1 Å². The van der Waals surface area contributed by atoms with Crippen molar-refractivity contribution >= 4 is 5.91 Å². The first-order chi connectivity index (χ1) is 10.6. The maximum atomic E-state index is 11.5. The molecule has 1 saturated heterocycles. The fraction of sp³-hybridized carbons (Fsp3) is 0.611. The van der Waals surface area contributed by atoms with E-state index in [1.54, 1.807) is 4.90 Å². The second-order valence-electron chi connectivity index (χ2n) is 6.34. The monoisotopic (exact) mass is 303 g/mol. The second-order valence-corrected chi connectivity index (χ2v) is 6.34. The molecule has 1 N–H and O–H groups in total. The van der Waals surface area contributed by atoms with Crippen molar-refractivity contribution in [2.24, 2.45) is 0 Å². The van der Waals surface area contributed by atoms with Crippen molar-refractivity contribution in [3.63, 3.8) is 0 Å². The summed E-state index contributed by atoms with van der Waals surface area (Å²) >= 11 is 0. The average molecular weight is 303 g/mol. The van der Waals surface area contributed by atoms with Gasteiger partial charge in [0.1, 0.15) is 0 Å². The highest BCUT2D eigenvalue weighted by molar-refractivity contribution is 5.75. The minimum Gasteiger partial charge on any atom is -0.349 e. The number of hydrogen-bond acceptors (Lipinski definition) is 3. The van der Waals surface area contributed by atoms with E-state index in [9.17, 15) is 4.79 Å². The van der Waals surface area contributed by atoms with Gasteiger partial charge in [-0.2, -0.15) is 0 Å². The third-order valence-electron chi connectivity index (χ3n) is 4.42. The van der Waals surface area contributed by atoms with Gasteiger partial charge in [-0.15, -0.1) is 0 Å². The van der Waals surface area contributed by atoms with Gasteiger partial charge >= 0.3 is 0 Å². The second kappa shape index (κ2) is 8.91. The highest BCUT2D eigenvalue weighted by Gasteiger charge is 2.18. The van der Waals surface area contributed by atoms with Crippen molar-refractivity contribution in [1.29, 1.82) is 0 Å². The number of carbonyl (C=O) groups is 1. The van der Waals surface area contributed by atoms with Gasteiger partial charge in [-0.25, -0.2) is 0 Å². The van der Waals surface area contributed by atoms with Gasteiger partial charge in [0, 0.05) is 39.6 Å². The number of likely N-dealkylation sites (tertiary alicyclic amines) is 1. The minimum absolute atomic E-state index is 0.202. The number of carbonyl (C=O) groups excluding carboxylic acids is 1. The number of hydrogen-bond donors (Lipinski definition) is 1. The van der Waals surface area contributed by atoms with Crippen LogP contribution in [0.3, 0.4) is 0 Å². The van der Waals surface area contributed by atoms with Gasteiger partial charge in [0.05, 0.1) is 0 Å². The molecule has 0 aliphatic carbocycles. The zero-order chi connectivity index (χ0) is 15.8. The molecule has 22 heavy (non-hydrogen) atoms. The lowest BCUT2D eigenvalue weighted by atomic mass is 10.0. The number of piperidine rings is 1. The quantitative estimate of drug-likeness (QED) is 0.834. The molecule has 1 heterocycles. The summed E-state index contributed by atoms with van der Waals surface area (Å²) in [4.78, 5) is 15.7. The summed E-state index contributed by atoms with van der Waals surface area (Å²) in [6.45, 7) is 4.26. The first-order valence-corrected chi connectivity index (χ1v) is 8.35. The Morgan fingerprint density at radius 2 is 1.91 bits per heavy atom. The molecule has 0 radical (unpaired) electrons. The number of amides is 1. The predicted molar refractivity (Wildman–Crippen MR) is 90.9 cm³/mol. The van der Waals surface area contributed by atoms with E-state index in [2.05, 4.69) is 40.5 Å². The minimum atomic E-state index is 0.202. The van der Waals surface area contributed by atoms with Crippen LogP contribution in [0.4, 0.5) is 0 Å². The Kier molecular flexibility index (Phi) is 6.87. The molecule has 0 spiro atoms. The highest BCUT2D eigenvalue weighted by atomic mass is 16.2. The Hall–Kier alpha value is -1.39. The van der Waals surface area contributed by atoms with E-state index in [4.69, 9.17) is 0 Å². The predicted octanol–water partition coefficient (Wildman–Crippen LogP) is 1.76. The molecule has 1 aliphatic rings. The number of nitrogens with one attached hydrogen (secondary N) is 1. The molecule has 2 rings (SSSR count). The molecule has 4 nitrogen and oxygen atoms in total. The van der Waals surface area contributed by atoms with Crippen LogP contribution in [0.25, 0.3) is 0 Å². The summed E-state index contributed by atoms with van der Waals surface area (Å²) in [5, 5.41) is 3.53. The summed E-state index contributed by atoms with van der Waals surface area (Å²) < 4.78 is 0. The molecule has 0 unspecified atom stereocenters. The van der Waals surface area contributed by atoms with Crippen molar-refractivity contribution in [2.75, 3.05) is 40.3 Å². The highest BCUT2D eigenvalue weighted by Crippen LogP contribution is 2.11. The number of rotatable bonds is 7. The van der Waals surface area contributed by atoms with E-state index in [1.165, 1.54) is 18.4 Å². The van der Waals surface area contributed by atoms with Crippen LogP contribution in [-0.2, 0) is 11.2 Å². The van der Waals surface area contributed by atoms with Gasteiger partial charge in [-0.3, -0.25) is 4.79 Å². The molecule has 1 amide bonds. The van der Waals surface area contributed by atoms with E-state index in [-0.39, 0.29) is 5.91 Å². The standard InChI is InChI=1S/C18H29N3O/c1-20(2)18(22)8-12-19-17-10-14-21(15-11-17)13-9-16-6-4-3-5-7-16/h3-7,17,19H,8-15H2,1-2H3. The van der Waals surface area contributed by atoms with E-state index in [1.807, 2.05) is 14.1 Å². The molecular formula is C18H29N3O. The smallest absolute Gasteiger partial charge is 0.223 e. The van der Waals surface area contributed by atoms with Crippen LogP contribution in [0.15, 0.2) is 30.3 Å². The van der Waals surface area contributed by atoms with Crippen molar-refractivity contribution in [3.05, 3.63) is 35.9 Å². The Labute approximate surface area is 134 Å². The first-order valence-electron chi connectivity index (χ1n) is 8.35. The molecule has 1 fully saturated rings. The SMILES string of the molecule is CN(C)C(=O)CCNC1CCN(CCc2ccccc2)CC1. The van der Waals surface area contributed by atoms with E-state index in [0.29, 0.717) is 12.5 Å². The van der Waals surface area contributed by atoms with Crippen LogP contribution in [0.5, 0.6) is 0 Å². The lowest BCUT2D eigenvalue weighted by Gasteiger charge is -2.32. The van der Waals surface area contributed by atoms with Crippen LogP contribution in [-0.4, -0.2) is 62.0 Å². The van der Waals surface area contributed by atoms with Gasteiger partial charge in [-0.05, 0) is 37.9 Å². The third kappa shape index (κ3) is 5.78. The largest absolute Gasteiger partial charge is 0.349 e. The van der Waals surface area contributed by atoms with Gasteiger partial charge in [-0.1, -0.05) is 30.3 Å². The van der Waals surface area contributed by atoms with Crippen LogP contribution >= 0.6 is 0 Å². The van der Waals surface area contributed by atoms with Crippen molar-refractivity contribution in [2.45, 2.75) is 31.7 Å². The molecule has 1 aliphatic heterocycles. The Balaban J connectivity index is 1.58. The Morgan fingerprint density at radius 1 is 1.23 bits per heavy atom. The molecule has 0 saturated carbocycles. The summed E-state index contributed by atoms with van der Waals surface area (Å²) in [6.07, 6.45) is 4.10. The zero-order valence-corrected chi connectivity index (χ0v) is 13.9. The molecule has 1 aromatic rings. The van der Waals surface area contributed by atoms with Crippen LogP contribution < -0.4 is 5.32 Å². The lowest BCUT2D eigenvalue weighted by molar-refractivity contribution is -0.128. The molecule has 122 valence electrons. The molecular weight excluding hydrogens is 274 g/mol. The molecule has 0 bridgehead atoms. The zero-order valence-electron chi connectivity index (χ0n) is 13.9.